The van der Waals surface area contributed by atoms with Crippen LogP contribution in [0.15, 0.2) is 82.6 Å². The van der Waals surface area contributed by atoms with Crippen LogP contribution in [0, 0.1) is 5.82 Å². The first-order valence-electron chi connectivity index (χ1n) is 10.1. The number of hydrogen-bond acceptors (Lipinski definition) is 3. The fraction of sp³-hybridized carbons (Fsp3) is 0.200. The highest BCUT2D eigenvalue weighted by atomic mass is 32.2. The Balaban J connectivity index is 1.54. The van der Waals surface area contributed by atoms with Crippen molar-refractivity contribution in [1.82, 2.24) is 4.90 Å². The van der Waals surface area contributed by atoms with E-state index in [1.807, 2.05) is 17.1 Å². The van der Waals surface area contributed by atoms with E-state index in [-0.39, 0.29) is 15.6 Å². The zero-order chi connectivity index (χ0) is 21.8. The molecule has 3 aromatic rings. The Hall–Kier alpha value is -2.83. The summed E-state index contributed by atoms with van der Waals surface area (Å²) in [6.07, 6.45) is 3.33. The lowest BCUT2D eigenvalue weighted by Gasteiger charge is -2.17. The molecule has 160 valence electrons. The summed E-state index contributed by atoms with van der Waals surface area (Å²) in [7, 11) is -3.70. The Morgan fingerprint density at radius 2 is 1.52 bits per heavy atom. The molecule has 1 aliphatic heterocycles. The van der Waals surface area contributed by atoms with Gasteiger partial charge in [-0.25, -0.2) is 17.2 Å². The number of benzene rings is 3. The van der Waals surface area contributed by atoms with Gasteiger partial charge in [-0.2, -0.15) is 0 Å². The highest BCUT2D eigenvalue weighted by molar-refractivity contribution is 7.91. The van der Waals surface area contributed by atoms with Crippen LogP contribution in [0.2, 0.25) is 0 Å². The number of sulfone groups is 1. The molecule has 0 radical (unpaired) electrons. The Bertz CT molecular complexity index is 1170. The van der Waals surface area contributed by atoms with E-state index in [0.29, 0.717) is 31.6 Å². The van der Waals surface area contributed by atoms with Crippen molar-refractivity contribution in [3.63, 3.8) is 0 Å². The first-order chi connectivity index (χ1) is 14.9. The van der Waals surface area contributed by atoms with Crippen molar-refractivity contribution < 1.29 is 17.2 Å². The molecule has 0 bridgehead atoms. The van der Waals surface area contributed by atoms with E-state index in [2.05, 4.69) is 0 Å². The fourth-order valence-electron chi connectivity index (χ4n) is 3.72. The molecule has 0 spiro atoms. The minimum Gasteiger partial charge on any atom is -0.296 e. The predicted octanol–water partition coefficient (Wildman–Crippen LogP) is 5.37. The van der Waals surface area contributed by atoms with Gasteiger partial charge < -0.3 is 0 Å². The third-order valence-corrected chi connectivity index (χ3v) is 7.27. The van der Waals surface area contributed by atoms with Gasteiger partial charge in [0.15, 0.2) is 0 Å². The molecule has 0 N–H and O–H groups in total. The molecule has 1 aliphatic rings. The maximum absolute atomic E-state index is 13.5. The van der Waals surface area contributed by atoms with Crippen molar-refractivity contribution in [1.29, 1.82) is 0 Å². The first kappa shape index (κ1) is 21.4. The molecule has 3 nitrogen and oxygen atoms in total. The number of likely N-dealkylation sites (tertiary alicyclic amines) is 1. The van der Waals surface area contributed by atoms with Gasteiger partial charge in [0.05, 0.1) is 9.79 Å². The molecule has 1 fully saturated rings. The topological polar surface area (TPSA) is 37.4 Å². The van der Waals surface area contributed by atoms with E-state index in [9.17, 15) is 17.2 Å². The van der Waals surface area contributed by atoms with Crippen LogP contribution in [0.1, 0.15) is 23.1 Å². The number of nitrogens with zero attached hydrogens (tertiary/aromatic N) is 1. The maximum atomic E-state index is 13.5. The lowest BCUT2D eigenvalue weighted by molar-refractivity contribution is 0.281. The third-order valence-electron chi connectivity index (χ3n) is 5.40. The van der Waals surface area contributed by atoms with Gasteiger partial charge in [-0.15, -0.1) is 0 Å². The summed E-state index contributed by atoms with van der Waals surface area (Å²) in [5.74, 6) is -0.291. The Labute approximate surface area is 181 Å². The second-order valence-corrected chi connectivity index (χ2v) is 9.60. The molecule has 4 rings (SSSR count). The lowest BCUT2D eigenvalue weighted by atomic mass is 10.1. The average molecular weight is 440 g/mol. The van der Waals surface area contributed by atoms with E-state index in [4.69, 9.17) is 0 Å². The van der Waals surface area contributed by atoms with E-state index >= 15 is 0 Å². The van der Waals surface area contributed by atoms with Crippen molar-refractivity contribution >= 4 is 22.0 Å². The van der Waals surface area contributed by atoms with Gasteiger partial charge in [0.25, 0.3) is 0 Å². The van der Waals surface area contributed by atoms with Crippen LogP contribution in [0.3, 0.4) is 0 Å². The second-order valence-electron chi connectivity index (χ2n) is 7.69. The minimum atomic E-state index is -3.70. The summed E-state index contributed by atoms with van der Waals surface area (Å²) in [5.41, 5.74) is 2.36. The normalized spacial score (nSPS) is 17.4. The SMILES string of the molecule is O=S(=O)(c1ccc(/C=C/c2ccc(F)cc2)cc1)c1ccccc1CN1CC[C@@H](F)C1. The van der Waals surface area contributed by atoms with Gasteiger partial charge >= 0.3 is 0 Å². The Kier molecular flexibility index (Phi) is 6.30. The summed E-state index contributed by atoms with van der Waals surface area (Å²) in [5, 5.41) is 0. The smallest absolute Gasteiger partial charge is 0.206 e. The van der Waals surface area contributed by atoms with Crippen molar-refractivity contribution in [3.05, 3.63) is 95.3 Å². The van der Waals surface area contributed by atoms with Gasteiger partial charge in [0, 0.05) is 19.6 Å². The van der Waals surface area contributed by atoms with Crippen molar-refractivity contribution in [3.8, 4) is 0 Å². The van der Waals surface area contributed by atoms with E-state index in [0.717, 1.165) is 11.1 Å². The van der Waals surface area contributed by atoms with E-state index in [1.54, 1.807) is 60.7 Å². The standard InChI is InChI=1S/C25H23F2NO2S/c26-22-11-7-19(8-12-22)5-6-20-9-13-24(14-10-20)31(29,30)25-4-2-1-3-21(25)17-28-16-15-23(27)18-28/h1-14,23H,15-18H2/b6-5+/t23-/m1/s1. The molecule has 6 heteroatoms. The molecule has 31 heavy (non-hydrogen) atoms. The highest BCUT2D eigenvalue weighted by Crippen LogP contribution is 2.27. The molecular weight excluding hydrogens is 416 g/mol. The molecule has 1 saturated heterocycles. The minimum absolute atomic E-state index is 0.212. The number of alkyl halides is 1. The van der Waals surface area contributed by atoms with Gasteiger partial charge in [0.2, 0.25) is 9.84 Å². The Morgan fingerprint density at radius 3 is 2.13 bits per heavy atom. The molecule has 1 heterocycles. The molecule has 1 atom stereocenters. The maximum Gasteiger partial charge on any atom is 0.206 e. The average Bonchev–Trinajstić information content (AvgIpc) is 3.18. The number of hydrogen-bond donors (Lipinski definition) is 0. The van der Waals surface area contributed by atoms with Crippen molar-refractivity contribution in [2.45, 2.75) is 28.9 Å². The van der Waals surface area contributed by atoms with Crippen LogP contribution in [0.25, 0.3) is 12.2 Å². The zero-order valence-corrected chi connectivity index (χ0v) is 17.7. The van der Waals surface area contributed by atoms with Gasteiger partial charge in [-0.3, -0.25) is 4.90 Å². The quantitative estimate of drug-likeness (QED) is 0.485. The van der Waals surface area contributed by atoms with Crippen LogP contribution >= 0.6 is 0 Å². The summed E-state index contributed by atoms with van der Waals surface area (Å²) < 4.78 is 53.1. The van der Waals surface area contributed by atoms with Gasteiger partial charge in [-0.05, 0) is 53.4 Å². The van der Waals surface area contributed by atoms with Crippen molar-refractivity contribution in [2.75, 3.05) is 13.1 Å². The largest absolute Gasteiger partial charge is 0.296 e. The molecule has 0 unspecified atom stereocenters. The summed E-state index contributed by atoms with van der Waals surface area (Å²) in [6.45, 7) is 1.38. The van der Waals surface area contributed by atoms with Crippen LogP contribution in [-0.4, -0.2) is 32.6 Å². The Morgan fingerprint density at radius 1 is 0.903 bits per heavy atom. The summed E-state index contributed by atoms with van der Waals surface area (Å²) >= 11 is 0. The molecule has 0 amide bonds. The summed E-state index contributed by atoms with van der Waals surface area (Å²) in [6, 6.07) is 19.7. The van der Waals surface area contributed by atoms with Crippen LogP contribution in [0.4, 0.5) is 8.78 Å². The molecular formula is C25H23F2NO2S. The fourth-order valence-corrected chi connectivity index (χ4v) is 5.20. The molecule has 0 aliphatic carbocycles. The summed E-state index contributed by atoms with van der Waals surface area (Å²) in [4.78, 5) is 2.41. The van der Waals surface area contributed by atoms with E-state index < -0.39 is 16.0 Å². The predicted molar refractivity (Wildman–Crippen MR) is 118 cm³/mol. The lowest BCUT2D eigenvalue weighted by Crippen LogP contribution is -2.21. The zero-order valence-electron chi connectivity index (χ0n) is 16.9. The van der Waals surface area contributed by atoms with Crippen LogP contribution in [-0.2, 0) is 16.4 Å². The van der Waals surface area contributed by atoms with E-state index in [1.165, 1.54) is 12.1 Å². The monoisotopic (exact) mass is 439 g/mol. The third kappa shape index (κ3) is 5.09. The highest BCUT2D eigenvalue weighted by Gasteiger charge is 2.25. The second kappa shape index (κ2) is 9.12. The first-order valence-corrected chi connectivity index (χ1v) is 11.6. The number of halogens is 2. The number of rotatable bonds is 6. The van der Waals surface area contributed by atoms with Crippen LogP contribution in [0.5, 0.6) is 0 Å². The van der Waals surface area contributed by atoms with Crippen LogP contribution < -0.4 is 0 Å². The molecule has 0 aromatic heterocycles. The molecule has 3 aromatic carbocycles. The van der Waals surface area contributed by atoms with Crippen molar-refractivity contribution in [2.24, 2.45) is 0 Å². The molecule has 0 saturated carbocycles. The van der Waals surface area contributed by atoms with Gasteiger partial charge in [-0.1, -0.05) is 54.6 Å². The van der Waals surface area contributed by atoms with Gasteiger partial charge in [0.1, 0.15) is 12.0 Å².